The lowest BCUT2D eigenvalue weighted by Crippen LogP contribution is -2.34. The number of carbonyl (C=O) groups is 3. The van der Waals surface area contributed by atoms with Crippen LogP contribution in [0.4, 0.5) is 5.69 Å². The predicted molar refractivity (Wildman–Crippen MR) is 81.6 cm³/mol. The average Bonchev–Trinajstić information content (AvgIpc) is 2.90. The van der Waals surface area contributed by atoms with E-state index in [0.29, 0.717) is 18.5 Å². The SMILES string of the molecule is CC(C)NC(=O)COC(=O)c1ccc(N2CCCC2=O)cc1. The van der Waals surface area contributed by atoms with Gasteiger partial charge in [-0.05, 0) is 44.5 Å². The van der Waals surface area contributed by atoms with E-state index in [1.54, 1.807) is 29.2 Å². The van der Waals surface area contributed by atoms with E-state index >= 15 is 0 Å². The molecule has 118 valence electrons. The molecule has 0 bridgehead atoms. The largest absolute Gasteiger partial charge is 0.452 e. The molecule has 1 aromatic rings. The Bertz CT molecular complexity index is 566. The van der Waals surface area contributed by atoms with Gasteiger partial charge < -0.3 is 15.0 Å². The zero-order valence-corrected chi connectivity index (χ0v) is 12.8. The molecule has 1 aromatic carbocycles. The number of anilines is 1. The average molecular weight is 304 g/mol. The van der Waals surface area contributed by atoms with Gasteiger partial charge in [0, 0.05) is 24.7 Å². The summed E-state index contributed by atoms with van der Waals surface area (Å²) in [7, 11) is 0. The number of amides is 2. The van der Waals surface area contributed by atoms with Gasteiger partial charge in [0.2, 0.25) is 5.91 Å². The van der Waals surface area contributed by atoms with E-state index in [1.807, 2.05) is 13.8 Å². The zero-order valence-electron chi connectivity index (χ0n) is 12.8. The number of ether oxygens (including phenoxy) is 1. The van der Waals surface area contributed by atoms with Crippen molar-refractivity contribution < 1.29 is 19.1 Å². The van der Waals surface area contributed by atoms with Crippen LogP contribution in [0, 0.1) is 0 Å². The second-order valence-electron chi connectivity index (χ2n) is 5.49. The Balaban J connectivity index is 1.91. The minimum absolute atomic E-state index is 0.00323. The summed E-state index contributed by atoms with van der Waals surface area (Å²) in [5.41, 5.74) is 1.13. The Morgan fingerprint density at radius 3 is 2.50 bits per heavy atom. The summed E-state index contributed by atoms with van der Waals surface area (Å²) in [4.78, 5) is 36.6. The van der Waals surface area contributed by atoms with E-state index in [-0.39, 0.29) is 24.5 Å². The minimum atomic E-state index is -0.557. The van der Waals surface area contributed by atoms with Crippen molar-refractivity contribution in [2.24, 2.45) is 0 Å². The van der Waals surface area contributed by atoms with Crippen molar-refractivity contribution in [1.29, 1.82) is 0 Å². The molecular formula is C16H20N2O4. The van der Waals surface area contributed by atoms with Crippen LogP contribution < -0.4 is 10.2 Å². The molecule has 0 aromatic heterocycles. The van der Waals surface area contributed by atoms with Gasteiger partial charge in [-0.1, -0.05) is 0 Å². The van der Waals surface area contributed by atoms with Gasteiger partial charge in [0.25, 0.3) is 5.91 Å². The molecule has 1 heterocycles. The van der Waals surface area contributed by atoms with Crippen LogP contribution in [-0.4, -0.2) is 37.0 Å². The summed E-state index contributed by atoms with van der Waals surface area (Å²) in [5, 5.41) is 2.64. The second kappa shape index (κ2) is 7.06. The van der Waals surface area contributed by atoms with Crippen LogP contribution in [0.2, 0.25) is 0 Å². The van der Waals surface area contributed by atoms with E-state index in [9.17, 15) is 14.4 Å². The lowest BCUT2D eigenvalue weighted by molar-refractivity contribution is -0.124. The highest BCUT2D eigenvalue weighted by atomic mass is 16.5. The summed E-state index contributed by atoms with van der Waals surface area (Å²) >= 11 is 0. The number of hydrogen-bond donors (Lipinski definition) is 1. The second-order valence-corrected chi connectivity index (χ2v) is 5.49. The molecule has 1 aliphatic rings. The molecule has 1 aliphatic heterocycles. The smallest absolute Gasteiger partial charge is 0.338 e. The highest BCUT2D eigenvalue weighted by molar-refractivity contribution is 5.96. The lowest BCUT2D eigenvalue weighted by Gasteiger charge is -2.15. The van der Waals surface area contributed by atoms with Crippen molar-refractivity contribution >= 4 is 23.5 Å². The number of hydrogen-bond acceptors (Lipinski definition) is 4. The lowest BCUT2D eigenvalue weighted by atomic mass is 10.2. The molecule has 22 heavy (non-hydrogen) atoms. The van der Waals surface area contributed by atoms with E-state index in [4.69, 9.17) is 4.74 Å². The van der Waals surface area contributed by atoms with Crippen LogP contribution in [0.5, 0.6) is 0 Å². The first kappa shape index (κ1) is 16.0. The number of nitrogens with one attached hydrogen (secondary N) is 1. The summed E-state index contributed by atoms with van der Waals surface area (Å²) in [6, 6.07) is 6.64. The standard InChI is InChI=1S/C16H20N2O4/c1-11(2)17-14(19)10-22-16(21)12-5-7-13(8-6-12)18-9-3-4-15(18)20/h5-8,11H,3-4,9-10H2,1-2H3,(H,17,19). The number of esters is 1. The molecule has 6 nitrogen and oxygen atoms in total. The van der Waals surface area contributed by atoms with Crippen LogP contribution in [-0.2, 0) is 14.3 Å². The van der Waals surface area contributed by atoms with Crippen molar-refractivity contribution in [2.75, 3.05) is 18.1 Å². The van der Waals surface area contributed by atoms with Crippen molar-refractivity contribution in [2.45, 2.75) is 32.7 Å². The Morgan fingerprint density at radius 2 is 1.95 bits per heavy atom. The van der Waals surface area contributed by atoms with Gasteiger partial charge in [-0.2, -0.15) is 0 Å². The zero-order chi connectivity index (χ0) is 16.1. The molecule has 0 spiro atoms. The first-order chi connectivity index (χ1) is 10.5. The Morgan fingerprint density at radius 1 is 1.27 bits per heavy atom. The highest BCUT2D eigenvalue weighted by Crippen LogP contribution is 2.21. The third kappa shape index (κ3) is 4.07. The summed E-state index contributed by atoms with van der Waals surface area (Å²) in [5.74, 6) is -0.790. The fourth-order valence-corrected chi connectivity index (χ4v) is 2.28. The summed E-state index contributed by atoms with van der Waals surface area (Å²) in [6.07, 6.45) is 1.42. The van der Waals surface area contributed by atoms with Gasteiger partial charge in [0.05, 0.1) is 5.56 Å². The summed E-state index contributed by atoms with van der Waals surface area (Å²) in [6.45, 7) is 4.07. The van der Waals surface area contributed by atoms with Crippen molar-refractivity contribution in [3.05, 3.63) is 29.8 Å². The van der Waals surface area contributed by atoms with Gasteiger partial charge in [0.15, 0.2) is 6.61 Å². The fraction of sp³-hybridized carbons (Fsp3) is 0.438. The minimum Gasteiger partial charge on any atom is -0.452 e. The predicted octanol–water partition coefficient (Wildman–Crippen LogP) is 1.49. The van der Waals surface area contributed by atoms with Gasteiger partial charge in [-0.15, -0.1) is 0 Å². The first-order valence-corrected chi connectivity index (χ1v) is 7.34. The monoisotopic (exact) mass is 304 g/mol. The maximum absolute atomic E-state index is 11.8. The molecule has 1 saturated heterocycles. The van der Waals surface area contributed by atoms with Gasteiger partial charge >= 0.3 is 5.97 Å². The van der Waals surface area contributed by atoms with Crippen molar-refractivity contribution in [3.63, 3.8) is 0 Å². The fourth-order valence-electron chi connectivity index (χ4n) is 2.28. The van der Waals surface area contributed by atoms with Crippen molar-refractivity contribution in [1.82, 2.24) is 5.32 Å². The first-order valence-electron chi connectivity index (χ1n) is 7.34. The van der Waals surface area contributed by atoms with Crippen molar-refractivity contribution in [3.8, 4) is 0 Å². The molecule has 6 heteroatoms. The maximum Gasteiger partial charge on any atom is 0.338 e. The molecule has 1 N–H and O–H groups in total. The van der Waals surface area contributed by atoms with E-state index in [2.05, 4.69) is 5.32 Å². The number of carbonyl (C=O) groups excluding carboxylic acids is 3. The Hall–Kier alpha value is -2.37. The molecule has 2 amide bonds. The van der Waals surface area contributed by atoms with Gasteiger partial charge in [-0.3, -0.25) is 9.59 Å². The van der Waals surface area contributed by atoms with Crippen LogP contribution >= 0.6 is 0 Å². The maximum atomic E-state index is 11.8. The van der Waals surface area contributed by atoms with Crippen LogP contribution in [0.1, 0.15) is 37.0 Å². The number of nitrogens with zero attached hydrogens (tertiary/aromatic N) is 1. The topological polar surface area (TPSA) is 75.7 Å². The van der Waals surface area contributed by atoms with Crippen LogP contribution in [0.15, 0.2) is 24.3 Å². The van der Waals surface area contributed by atoms with E-state index < -0.39 is 5.97 Å². The Kier molecular flexibility index (Phi) is 5.14. The molecule has 0 unspecified atom stereocenters. The van der Waals surface area contributed by atoms with Crippen LogP contribution in [0.3, 0.4) is 0 Å². The normalized spacial score (nSPS) is 14.3. The number of rotatable bonds is 5. The molecule has 0 aliphatic carbocycles. The van der Waals surface area contributed by atoms with Crippen LogP contribution in [0.25, 0.3) is 0 Å². The molecular weight excluding hydrogens is 284 g/mol. The molecule has 0 radical (unpaired) electrons. The summed E-state index contributed by atoms with van der Waals surface area (Å²) < 4.78 is 4.95. The number of benzene rings is 1. The highest BCUT2D eigenvalue weighted by Gasteiger charge is 2.21. The van der Waals surface area contributed by atoms with Gasteiger partial charge in [-0.25, -0.2) is 4.79 Å². The third-order valence-electron chi connectivity index (χ3n) is 3.27. The third-order valence-corrected chi connectivity index (χ3v) is 3.27. The molecule has 2 rings (SSSR count). The molecule has 1 fully saturated rings. The molecule has 0 saturated carbocycles. The Labute approximate surface area is 129 Å². The molecule has 0 atom stereocenters. The van der Waals surface area contributed by atoms with Gasteiger partial charge in [0.1, 0.15) is 0 Å². The van der Waals surface area contributed by atoms with E-state index in [0.717, 1.165) is 12.1 Å². The van der Waals surface area contributed by atoms with E-state index in [1.165, 1.54) is 0 Å². The quantitative estimate of drug-likeness (QED) is 0.836.